The average Bonchev–Trinajstić information content (AvgIpc) is 2.94. The van der Waals surface area contributed by atoms with Crippen LogP contribution < -0.4 is 10.2 Å². The Morgan fingerprint density at radius 3 is 2.95 bits per heavy atom. The molecule has 6 heteroatoms. The number of ether oxygens (including phenoxy) is 2. The van der Waals surface area contributed by atoms with Crippen LogP contribution in [-0.4, -0.2) is 51.0 Å². The van der Waals surface area contributed by atoms with E-state index in [1.807, 2.05) is 6.20 Å². The topological polar surface area (TPSA) is 46.6 Å². The second-order valence-corrected chi connectivity index (χ2v) is 6.01. The van der Waals surface area contributed by atoms with Crippen LogP contribution in [-0.2, 0) is 16.0 Å². The first-order chi connectivity index (χ1) is 9.83. The molecule has 2 heterocycles. The summed E-state index contributed by atoms with van der Waals surface area (Å²) in [6.07, 6.45) is 4.63. The molecule has 1 fully saturated rings. The second kappa shape index (κ2) is 8.56. The van der Waals surface area contributed by atoms with Gasteiger partial charge in [0.2, 0.25) is 0 Å². The van der Waals surface area contributed by atoms with E-state index in [1.165, 1.54) is 4.88 Å². The summed E-state index contributed by atoms with van der Waals surface area (Å²) in [6, 6.07) is 0. The van der Waals surface area contributed by atoms with Crippen molar-refractivity contribution in [1.82, 2.24) is 10.3 Å². The normalized spacial score (nSPS) is 16.8. The summed E-state index contributed by atoms with van der Waals surface area (Å²) in [6.45, 7) is 7.48. The molecule has 1 N–H and O–H groups in total. The fraction of sp³-hybridized carbons (Fsp3) is 0.786. The minimum Gasteiger partial charge on any atom is -0.383 e. The highest BCUT2D eigenvalue weighted by Crippen LogP contribution is 2.26. The molecule has 0 saturated carbocycles. The molecule has 0 amide bonds. The lowest BCUT2D eigenvalue weighted by Crippen LogP contribution is -2.36. The first-order valence-corrected chi connectivity index (χ1v) is 8.16. The number of hydrogen-bond donors (Lipinski definition) is 1. The monoisotopic (exact) mass is 299 g/mol. The van der Waals surface area contributed by atoms with E-state index in [0.717, 1.165) is 57.4 Å². The quantitative estimate of drug-likeness (QED) is 0.743. The molecule has 0 atom stereocenters. The Bertz CT molecular complexity index is 378. The maximum absolute atomic E-state index is 5.68. The largest absolute Gasteiger partial charge is 0.383 e. The number of methoxy groups -OCH3 is 1. The summed E-state index contributed by atoms with van der Waals surface area (Å²) < 4.78 is 10.7. The predicted octanol–water partition coefficient (Wildman–Crippen LogP) is 1.88. The Balaban J connectivity index is 1.75. The van der Waals surface area contributed by atoms with Crippen molar-refractivity contribution in [2.75, 3.05) is 44.9 Å². The van der Waals surface area contributed by atoms with Crippen molar-refractivity contribution >= 4 is 16.5 Å². The third-order valence-corrected chi connectivity index (χ3v) is 4.50. The van der Waals surface area contributed by atoms with Crippen molar-refractivity contribution in [3.05, 3.63) is 11.1 Å². The van der Waals surface area contributed by atoms with E-state index < -0.39 is 0 Å². The summed E-state index contributed by atoms with van der Waals surface area (Å²) in [5.41, 5.74) is 0. The SMILES string of the molecule is CCOC1CCN(c2ncc(CNCCOC)s2)CC1. The fourth-order valence-electron chi connectivity index (χ4n) is 2.36. The summed E-state index contributed by atoms with van der Waals surface area (Å²) in [4.78, 5) is 8.20. The molecular weight excluding hydrogens is 274 g/mol. The van der Waals surface area contributed by atoms with Crippen molar-refractivity contribution in [2.24, 2.45) is 0 Å². The highest BCUT2D eigenvalue weighted by Gasteiger charge is 2.21. The van der Waals surface area contributed by atoms with Crippen LogP contribution in [0.4, 0.5) is 5.13 Å². The van der Waals surface area contributed by atoms with Gasteiger partial charge in [-0.05, 0) is 19.8 Å². The number of rotatable bonds is 8. The molecule has 0 aromatic carbocycles. The number of hydrogen-bond acceptors (Lipinski definition) is 6. The van der Waals surface area contributed by atoms with Crippen LogP contribution in [0, 0.1) is 0 Å². The first-order valence-electron chi connectivity index (χ1n) is 7.34. The average molecular weight is 299 g/mol. The molecule has 5 nitrogen and oxygen atoms in total. The molecule has 1 aromatic rings. The summed E-state index contributed by atoms with van der Waals surface area (Å²) in [5.74, 6) is 0. The predicted molar refractivity (Wildman–Crippen MR) is 82.6 cm³/mol. The van der Waals surface area contributed by atoms with Gasteiger partial charge in [-0.25, -0.2) is 4.98 Å². The van der Waals surface area contributed by atoms with Crippen molar-refractivity contribution in [1.29, 1.82) is 0 Å². The van der Waals surface area contributed by atoms with Gasteiger partial charge in [-0.1, -0.05) is 0 Å². The molecule has 20 heavy (non-hydrogen) atoms. The van der Waals surface area contributed by atoms with E-state index in [1.54, 1.807) is 18.4 Å². The van der Waals surface area contributed by atoms with Gasteiger partial charge in [0.1, 0.15) is 0 Å². The summed E-state index contributed by atoms with van der Waals surface area (Å²) >= 11 is 1.78. The van der Waals surface area contributed by atoms with E-state index in [0.29, 0.717) is 6.10 Å². The lowest BCUT2D eigenvalue weighted by Gasteiger charge is -2.31. The molecule has 0 bridgehead atoms. The van der Waals surface area contributed by atoms with Crippen LogP contribution in [0.2, 0.25) is 0 Å². The lowest BCUT2D eigenvalue weighted by atomic mass is 10.1. The Hall–Kier alpha value is -0.690. The van der Waals surface area contributed by atoms with Gasteiger partial charge in [0.05, 0.1) is 12.7 Å². The van der Waals surface area contributed by atoms with Crippen LogP contribution in [0.3, 0.4) is 0 Å². The van der Waals surface area contributed by atoms with Gasteiger partial charge in [-0.2, -0.15) is 0 Å². The van der Waals surface area contributed by atoms with Gasteiger partial charge >= 0.3 is 0 Å². The molecule has 1 aliphatic rings. The molecule has 2 rings (SSSR count). The number of thiazole rings is 1. The third kappa shape index (κ3) is 4.70. The molecule has 0 unspecified atom stereocenters. The Kier molecular flexibility index (Phi) is 6.72. The summed E-state index contributed by atoms with van der Waals surface area (Å²) in [7, 11) is 1.72. The molecule has 0 radical (unpaired) electrons. The molecule has 1 saturated heterocycles. The molecule has 0 spiro atoms. The van der Waals surface area contributed by atoms with Crippen LogP contribution in [0.25, 0.3) is 0 Å². The summed E-state index contributed by atoms with van der Waals surface area (Å²) in [5, 5.41) is 4.49. The molecule has 114 valence electrons. The molecule has 0 aliphatic carbocycles. The zero-order chi connectivity index (χ0) is 14.2. The van der Waals surface area contributed by atoms with E-state index in [-0.39, 0.29) is 0 Å². The highest BCUT2D eigenvalue weighted by atomic mass is 32.1. The number of nitrogens with one attached hydrogen (secondary N) is 1. The van der Waals surface area contributed by atoms with Gasteiger partial charge in [0.15, 0.2) is 5.13 Å². The van der Waals surface area contributed by atoms with Gasteiger partial charge in [-0.3, -0.25) is 0 Å². The maximum Gasteiger partial charge on any atom is 0.185 e. The Morgan fingerprint density at radius 1 is 1.45 bits per heavy atom. The van der Waals surface area contributed by atoms with Crippen molar-refractivity contribution in [3.63, 3.8) is 0 Å². The number of nitrogens with zero attached hydrogens (tertiary/aromatic N) is 2. The standard InChI is InChI=1S/C14H25N3O2S/c1-3-19-12-4-7-17(8-5-12)14-16-11-13(20-14)10-15-6-9-18-2/h11-12,15H,3-10H2,1-2H3. The second-order valence-electron chi connectivity index (χ2n) is 4.92. The van der Waals surface area contributed by atoms with Crippen molar-refractivity contribution in [3.8, 4) is 0 Å². The van der Waals surface area contributed by atoms with Crippen LogP contribution in [0.1, 0.15) is 24.6 Å². The zero-order valence-corrected chi connectivity index (χ0v) is 13.2. The van der Waals surface area contributed by atoms with Crippen LogP contribution >= 0.6 is 11.3 Å². The van der Waals surface area contributed by atoms with Gasteiger partial charge in [0, 0.05) is 51.0 Å². The van der Waals surface area contributed by atoms with Crippen LogP contribution in [0.5, 0.6) is 0 Å². The van der Waals surface area contributed by atoms with E-state index >= 15 is 0 Å². The zero-order valence-electron chi connectivity index (χ0n) is 12.4. The Labute approximate surface area is 125 Å². The van der Waals surface area contributed by atoms with Gasteiger partial charge < -0.3 is 19.7 Å². The van der Waals surface area contributed by atoms with Gasteiger partial charge in [0.25, 0.3) is 0 Å². The Morgan fingerprint density at radius 2 is 2.25 bits per heavy atom. The molecule has 1 aromatic heterocycles. The number of anilines is 1. The molecular formula is C14H25N3O2S. The van der Waals surface area contributed by atoms with Crippen LogP contribution in [0.15, 0.2) is 6.20 Å². The molecule has 1 aliphatic heterocycles. The van der Waals surface area contributed by atoms with E-state index in [9.17, 15) is 0 Å². The fourth-order valence-corrected chi connectivity index (χ4v) is 3.29. The lowest BCUT2D eigenvalue weighted by molar-refractivity contribution is 0.0459. The van der Waals surface area contributed by atoms with E-state index in [2.05, 4.69) is 22.1 Å². The number of aromatic nitrogens is 1. The minimum atomic E-state index is 0.436. The highest BCUT2D eigenvalue weighted by molar-refractivity contribution is 7.15. The van der Waals surface area contributed by atoms with Crippen molar-refractivity contribution in [2.45, 2.75) is 32.4 Å². The third-order valence-electron chi connectivity index (χ3n) is 3.44. The van der Waals surface area contributed by atoms with Gasteiger partial charge in [-0.15, -0.1) is 11.3 Å². The smallest absolute Gasteiger partial charge is 0.185 e. The number of piperidine rings is 1. The first kappa shape index (κ1) is 15.7. The maximum atomic E-state index is 5.68. The van der Waals surface area contributed by atoms with Crippen molar-refractivity contribution < 1.29 is 9.47 Å². The van der Waals surface area contributed by atoms with E-state index in [4.69, 9.17) is 9.47 Å². The minimum absolute atomic E-state index is 0.436.